The highest BCUT2D eigenvalue weighted by atomic mass is 32.2. The number of halogens is 1. The lowest BCUT2D eigenvalue weighted by molar-refractivity contribution is -0.120. The molecule has 0 unspecified atom stereocenters. The average molecular weight is 431 g/mol. The van der Waals surface area contributed by atoms with Gasteiger partial charge in [0.15, 0.2) is 0 Å². The van der Waals surface area contributed by atoms with Crippen LogP contribution in [0.3, 0.4) is 0 Å². The molecule has 1 amide bonds. The minimum Gasteiger partial charge on any atom is -0.496 e. The highest BCUT2D eigenvalue weighted by molar-refractivity contribution is 7.88. The number of fused-ring (bicyclic) bond motifs is 1. The minimum absolute atomic E-state index is 0.0300. The third kappa shape index (κ3) is 4.77. The summed E-state index contributed by atoms with van der Waals surface area (Å²) in [6.07, 6.45) is 0. The van der Waals surface area contributed by atoms with Crippen molar-refractivity contribution in [3.8, 4) is 5.75 Å². The van der Waals surface area contributed by atoms with E-state index in [2.05, 4.69) is 10.0 Å². The second kappa shape index (κ2) is 8.41. The Balaban J connectivity index is 1.81. The van der Waals surface area contributed by atoms with E-state index in [1.54, 1.807) is 25.3 Å². The van der Waals surface area contributed by atoms with Crippen LogP contribution in [-0.4, -0.2) is 27.0 Å². The molecule has 0 heterocycles. The first-order valence-corrected chi connectivity index (χ1v) is 10.9. The fraction of sp³-hybridized carbons (Fsp3) is 0.227. The number of amides is 1. The number of ether oxygens (including phenoxy) is 1. The number of methoxy groups -OCH3 is 1. The molecule has 0 atom stereocenters. The lowest BCUT2D eigenvalue weighted by Gasteiger charge is -2.25. The number of sulfonamides is 1. The first kappa shape index (κ1) is 21.7. The van der Waals surface area contributed by atoms with E-state index in [-0.39, 0.29) is 5.56 Å². The number of carbonyl (C=O) groups is 1. The van der Waals surface area contributed by atoms with Crippen molar-refractivity contribution in [1.82, 2.24) is 4.72 Å². The first-order valence-electron chi connectivity index (χ1n) is 9.25. The van der Waals surface area contributed by atoms with Crippen LogP contribution in [-0.2, 0) is 20.6 Å². The lowest BCUT2D eigenvalue weighted by Crippen LogP contribution is -2.52. The molecule has 0 aliphatic carbocycles. The molecule has 0 aliphatic rings. The molecule has 0 saturated carbocycles. The molecule has 0 spiro atoms. The van der Waals surface area contributed by atoms with Crippen LogP contribution < -0.4 is 14.8 Å². The van der Waals surface area contributed by atoms with E-state index in [1.807, 2.05) is 24.3 Å². The van der Waals surface area contributed by atoms with Crippen molar-refractivity contribution in [1.29, 1.82) is 0 Å². The second-order valence-electron chi connectivity index (χ2n) is 7.39. The minimum atomic E-state index is -3.98. The zero-order valence-electron chi connectivity index (χ0n) is 16.9. The van der Waals surface area contributed by atoms with E-state index in [1.165, 1.54) is 32.0 Å². The molecule has 3 aromatic carbocycles. The van der Waals surface area contributed by atoms with Crippen LogP contribution in [0.2, 0.25) is 0 Å². The molecule has 0 fully saturated rings. The molecule has 0 aromatic heterocycles. The Hall–Kier alpha value is -2.97. The fourth-order valence-electron chi connectivity index (χ4n) is 3.13. The van der Waals surface area contributed by atoms with Gasteiger partial charge in [-0.1, -0.05) is 42.5 Å². The number of anilines is 1. The highest BCUT2D eigenvalue weighted by Crippen LogP contribution is 2.31. The Morgan fingerprint density at radius 1 is 1.00 bits per heavy atom. The van der Waals surface area contributed by atoms with Crippen LogP contribution in [0.15, 0.2) is 60.7 Å². The van der Waals surface area contributed by atoms with Gasteiger partial charge >= 0.3 is 0 Å². The van der Waals surface area contributed by atoms with E-state index < -0.39 is 33.0 Å². The van der Waals surface area contributed by atoms with Gasteiger partial charge in [0.05, 0.1) is 12.9 Å². The van der Waals surface area contributed by atoms with Crippen molar-refractivity contribution in [2.45, 2.75) is 25.1 Å². The zero-order valence-corrected chi connectivity index (χ0v) is 17.7. The third-order valence-electron chi connectivity index (χ3n) is 4.63. The van der Waals surface area contributed by atoms with Gasteiger partial charge in [-0.3, -0.25) is 4.79 Å². The summed E-state index contributed by atoms with van der Waals surface area (Å²) in [7, 11) is -2.41. The summed E-state index contributed by atoms with van der Waals surface area (Å²) in [6, 6.07) is 16.4. The van der Waals surface area contributed by atoms with Gasteiger partial charge in [0.2, 0.25) is 15.9 Å². The molecule has 0 radical (unpaired) electrons. The standard InChI is InChI=1S/C22H23FN2O4S/c1-22(2,25-30(27,28)14-15-8-4-7-11-18(15)23)21(26)24-19-12-13-20(29-3)17-10-6-5-9-16(17)19/h4-13,25H,14H2,1-3H3,(H,24,26). The van der Waals surface area contributed by atoms with Crippen molar-refractivity contribution in [3.05, 3.63) is 72.0 Å². The Labute approximate surface area is 175 Å². The smallest absolute Gasteiger partial charge is 0.245 e. The van der Waals surface area contributed by atoms with E-state index in [0.29, 0.717) is 11.4 Å². The fourth-order valence-corrected chi connectivity index (χ4v) is 4.71. The van der Waals surface area contributed by atoms with Crippen LogP contribution in [0.5, 0.6) is 5.75 Å². The van der Waals surface area contributed by atoms with Crippen molar-refractivity contribution in [2.24, 2.45) is 0 Å². The number of rotatable bonds is 7. The van der Waals surface area contributed by atoms with Gasteiger partial charge in [-0.15, -0.1) is 0 Å². The summed E-state index contributed by atoms with van der Waals surface area (Å²) in [5.41, 5.74) is -0.911. The van der Waals surface area contributed by atoms with Crippen LogP contribution in [0.1, 0.15) is 19.4 Å². The third-order valence-corrected chi connectivity index (χ3v) is 6.15. The Kier molecular flexibility index (Phi) is 6.09. The van der Waals surface area contributed by atoms with Gasteiger partial charge in [-0.2, -0.15) is 4.72 Å². The molecule has 0 bridgehead atoms. The number of nitrogens with one attached hydrogen (secondary N) is 2. The molecule has 30 heavy (non-hydrogen) atoms. The van der Waals surface area contributed by atoms with Gasteiger partial charge in [0.25, 0.3) is 0 Å². The lowest BCUT2D eigenvalue weighted by atomic mass is 10.0. The maximum atomic E-state index is 13.8. The van der Waals surface area contributed by atoms with Gasteiger partial charge in [0, 0.05) is 22.0 Å². The molecular weight excluding hydrogens is 407 g/mol. The molecule has 158 valence electrons. The zero-order chi connectivity index (χ0) is 21.9. The topological polar surface area (TPSA) is 84.5 Å². The summed E-state index contributed by atoms with van der Waals surface area (Å²) < 4.78 is 46.6. The van der Waals surface area contributed by atoms with Gasteiger partial charge < -0.3 is 10.1 Å². The quantitative estimate of drug-likeness (QED) is 0.597. The Morgan fingerprint density at radius 3 is 2.30 bits per heavy atom. The molecule has 3 aromatic rings. The van der Waals surface area contributed by atoms with Crippen molar-refractivity contribution < 1.29 is 22.3 Å². The van der Waals surface area contributed by atoms with E-state index in [9.17, 15) is 17.6 Å². The molecule has 8 heteroatoms. The second-order valence-corrected chi connectivity index (χ2v) is 9.11. The summed E-state index contributed by atoms with van der Waals surface area (Å²) in [6.45, 7) is 2.90. The number of carbonyl (C=O) groups excluding carboxylic acids is 1. The van der Waals surface area contributed by atoms with Crippen LogP contribution >= 0.6 is 0 Å². The number of hydrogen-bond donors (Lipinski definition) is 2. The molecule has 3 rings (SSSR count). The van der Waals surface area contributed by atoms with Crippen molar-refractivity contribution in [2.75, 3.05) is 12.4 Å². The summed E-state index contributed by atoms with van der Waals surface area (Å²) in [5.74, 6) is -1.07. The largest absolute Gasteiger partial charge is 0.496 e. The van der Waals surface area contributed by atoms with Crippen LogP contribution in [0.4, 0.5) is 10.1 Å². The summed E-state index contributed by atoms with van der Waals surface area (Å²) in [4.78, 5) is 12.9. The van der Waals surface area contributed by atoms with Gasteiger partial charge in [0.1, 0.15) is 17.1 Å². The van der Waals surface area contributed by atoms with Crippen molar-refractivity contribution >= 4 is 32.4 Å². The van der Waals surface area contributed by atoms with Crippen molar-refractivity contribution in [3.63, 3.8) is 0 Å². The monoisotopic (exact) mass is 430 g/mol. The molecule has 0 saturated heterocycles. The van der Waals surface area contributed by atoms with Gasteiger partial charge in [-0.05, 0) is 32.0 Å². The van der Waals surface area contributed by atoms with Crippen LogP contribution in [0.25, 0.3) is 10.8 Å². The SMILES string of the molecule is COc1ccc(NC(=O)C(C)(C)NS(=O)(=O)Cc2ccccc2F)c2ccccc12. The highest BCUT2D eigenvalue weighted by Gasteiger charge is 2.33. The normalized spacial score (nSPS) is 12.0. The molecule has 6 nitrogen and oxygen atoms in total. The first-order chi connectivity index (χ1) is 14.1. The Bertz CT molecular complexity index is 1190. The average Bonchev–Trinajstić information content (AvgIpc) is 2.69. The maximum Gasteiger partial charge on any atom is 0.245 e. The summed E-state index contributed by atoms with van der Waals surface area (Å²) >= 11 is 0. The van der Waals surface area contributed by atoms with Crippen LogP contribution in [0, 0.1) is 5.82 Å². The maximum absolute atomic E-state index is 13.8. The Morgan fingerprint density at radius 2 is 1.63 bits per heavy atom. The predicted molar refractivity (Wildman–Crippen MR) is 115 cm³/mol. The van der Waals surface area contributed by atoms with E-state index >= 15 is 0 Å². The molecular formula is C22H23FN2O4S. The molecule has 2 N–H and O–H groups in total. The van der Waals surface area contributed by atoms with Gasteiger partial charge in [-0.25, -0.2) is 12.8 Å². The number of hydrogen-bond acceptors (Lipinski definition) is 4. The summed E-state index contributed by atoms with van der Waals surface area (Å²) in [5, 5.41) is 4.35. The predicted octanol–water partition coefficient (Wildman–Crippen LogP) is 3.82. The van der Waals surface area contributed by atoms with E-state index in [0.717, 1.165) is 10.8 Å². The number of benzene rings is 3. The van der Waals surface area contributed by atoms with E-state index in [4.69, 9.17) is 4.74 Å². The molecule has 0 aliphatic heterocycles.